The summed E-state index contributed by atoms with van der Waals surface area (Å²) < 4.78 is 5.45. The molecular formula is C11H20ClNO2. The van der Waals surface area contributed by atoms with Crippen LogP contribution in [0.2, 0.25) is 0 Å². The van der Waals surface area contributed by atoms with E-state index in [-0.39, 0.29) is 5.91 Å². The number of hydrogen-bond acceptors (Lipinski definition) is 2. The highest BCUT2D eigenvalue weighted by molar-refractivity contribution is 6.17. The fraction of sp³-hybridized carbons (Fsp3) is 0.909. The lowest BCUT2D eigenvalue weighted by atomic mass is 10.3. The van der Waals surface area contributed by atoms with Crippen LogP contribution in [0.3, 0.4) is 0 Å². The number of halogens is 1. The van der Waals surface area contributed by atoms with Gasteiger partial charge in [0, 0.05) is 32.1 Å². The SMILES string of the molecule is O=C(CCCCl)NCCCOCC1CC1. The van der Waals surface area contributed by atoms with Gasteiger partial charge in [-0.2, -0.15) is 0 Å². The molecular weight excluding hydrogens is 214 g/mol. The van der Waals surface area contributed by atoms with Crippen LogP contribution in [-0.2, 0) is 9.53 Å². The van der Waals surface area contributed by atoms with Crippen molar-refractivity contribution in [1.29, 1.82) is 0 Å². The van der Waals surface area contributed by atoms with Gasteiger partial charge >= 0.3 is 0 Å². The fourth-order valence-corrected chi connectivity index (χ4v) is 1.39. The Morgan fingerprint density at radius 3 is 2.87 bits per heavy atom. The monoisotopic (exact) mass is 233 g/mol. The molecule has 1 fully saturated rings. The Hall–Kier alpha value is -0.280. The fourth-order valence-electron chi connectivity index (χ4n) is 1.25. The second-order valence-electron chi connectivity index (χ2n) is 4.01. The van der Waals surface area contributed by atoms with E-state index in [9.17, 15) is 4.79 Å². The third kappa shape index (κ3) is 7.63. The summed E-state index contributed by atoms with van der Waals surface area (Å²) in [5.74, 6) is 1.47. The van der Waals surface area contributed by atoms with Crippen molar-refractivity contribution in [1.82, 2.24) is 5.32 Å². The van der Waals surface area contributed by atoms with E-state index < -0.39 is 0 Å². The zero-order chi connectivity index (χ0) is 10.9. The van der Waals surface area contributed by atoms with Crippen LogP contribution in [0.25, 0.3) is 0 Å². The van der Waals surface area contributed by atoms with E-state index in [2.05, 4.69) is 5.32 Å². The zero-order valence-corrected chi connectivity index (χ0v) is 9.89. The molecule has 1 rings (SSSR count). The normalized spacial score (nSPS) is 15.3. The molecule has 1 aliphatic rings. The first-order chi connectivity index (χ1) is 7.33. The predicted molar refractivity (Wildman–Crippen MR) is 61.1 cm³/mol. The summed E-state index contributed by atoms with van der Waals surface area (Å²) in [7, 11) is 0. The van der Waals surface area contributed by atoms with Crippen LogP contribution in [-0.4, -0.2) is 31.5 Å². The first kappa shape index (κ1) is 12.8. The Labute approximate surface area is 96.5 Å². The number of nitrogens with one attached hydrogen (secondary N) is 1. The average molecular weight is 234 g/mol. The third-order valence-electron chi connectivity index (χ3n) is 2.38. The van der Waals surface area contributed by atoms with E-state index >= 15 is 0 Å². The molecule has 3 nitrogen and oxygen atoms in total. The molecule has 4 heteroatoms. The van der Waals surface area contributed by atoms with Crippen LogP contribution in [0.5, 0.6) is 0 Å². The molecule has 0 aromatic heterocycles. The van der Waals surface area contributed by atoms with Crippen LogP contribution >= 0.6 is 11.6 Å². The lowest BCUT2D eigenvalue weighted by molar-refractivity contribution is -0.121. The number of rotatable bonds is 9. The summed E-state index contributed by atoms with van der Waals surface area (Å²) in [4.78, 5) is 11.1. The Bertz CT molecular complexity index is 183. The van der Waals surface area contributed by atoms with E-state index in [1.807, 2.05) is 0 Å². The maximum Gasteiger partial charge on any atom is 0.220 e. The Balaban J connectivity index is 1.76. The maximum atomic E-state index is 11.1. The largest absolute Gasteiger partial charge is 0.381 e. The summed E-state index contributed by atoms with van der Waals surface area (Å²) in [6, 6.07) is 0. The molecule has 0 aromatic carbocycles. The van der Waals surface area contributed by atoms with Gasteiger partial charge < -0.3 is 10.1 Å². The van der Waals surface area contributed by atoms with Gasteiger partial charge in [-0.15, -0.1) is 11.6 Å². The van der Waals surface area contributed by atoms with Crippen LogP contribution in [0.4, 0.5) is 0 Å². The first-order valence-corrected chi connectivity index (χ1v) is 6.27. The van der Waals surface area contributed by atoms with Crippen molar-refractivity contribution in [3.63, 3.8) is 0 Å². The summed E-state index contributed by atoms with van der Waals surface area (Å²) in [6.07, 6.45) is 4.85. The minimum Gasteiger partial charge on any atom is -0.381 e. The Kier molecular flexibility index (Phi) is 6.77. The number of hydrogen-bond donors (Lipinski definition) is 1. The molecule has 0 heterocycles. The molecule has 1 aliphatic carbocycles. The number of ether oxygens (including phenoxy) is 1. The van der Waals surface area contributed by atoms with E-state index in [1.165, 1.54) is 12.8 Å². The van der Waals surface area contributed by atoms with Gasteiger partial charge in [0.15, 0.2) is 0 Å². The number of carbonyl (C=O) groups is 1. The molecule has 0 spiro atoms. The first-order valence-electron chi connectivity index (χ1n) is 5.73. The van der Waals surface area contributed by atoms with Crippen LogP contribution in [0.1, 0.15) is 32.1 Å². The molecule has 1 saturated carbocycles. The minimum atomic E-state index is 0.0952. The lowest BCUT2D eigenvalue weighted by Crippen LogP contribution is -2.25. The van der Waals surface area contributed by atoms with Crippen molar-refractivity contribution in [3.05, 3.63) is 0 Å². The molecule has 0 radical (unpaired) electrons. The van der Waals surface area contributed by atoms with E-state index in [1.54, 1.807) is 0 Å². The molecule has 1 amide bonds. The summed E-state index contributed by atoms with van der Waals surface area (Å²) in [5, 5.41) is 2.84. The summed E-state index contributed by atoms with van der Waals surface area (Å²) >= 11 is 5.48. The molecule has 0 unspecified atom stereocenters. The van der Waals surface area contributed by atoms with Gasteiger partial charge in [0.25, 0.3) is 0 Å². The van der Waals surface area contributed by atoms with Crippen molar-refractivity contribution >= 4 is 17.5 Å². The molecule has 0 bridgehead atoms. The highest BCUT2D eigenvalue weighted by Crippen LogP contribution is 2.28. The van der Waals surface area contributed by atoms with E-state index in [0.29, 0.717) is 18.8 Å². The van der Waals surface area contributed by atoms with Crippen molar-refractivity contribution in [2.24, 2.45) is 5.92 Å². The molecule has 0 atom stereocenters. The number of alkyl halides is 1. The Morgan fingerprint density at radius 1 is 1.40 bits per heavy atom. The number of carbonyl (C=O) groups excluding carboxylic acids is 1. The quantitative estimate of drug-likeness (QED) is 0.488. The van der Waals surface area contributed by atoms with E-state index in [0.717, 1.165) is 32.0 Å². The zero-order valence-electron chi connectivity index (χ0n) is 9.14. The van der Waals surface area contributed by atoms with Gasteiger partial charge in [0.2, 0.25) is 5.91 Å². The maximum absolute atomic E-state index is 11.1. The van der Waals surface area contributed by atoms with Gasteiger partial charge in [-0.1, -0.05) is 0 Å². The summed E-state index contributed by atoms with van der Waals surface area (Å²) in [6.45, 7) is 2.37. The second-order valence-corrected chi connectivity index (χ2v) is 4.39. The topological polar surface area (TPSA) is 38.3 Å². The van der Waals surface area contributed by atoms with Gasteiger partial charge in [-0.3, -0.25) is 4.79 Å². The minimum absolute atomic E-state index is 0.0952. The van der Waals surface area contributed by atoms with Crippen LogP contribution in [0.15, 0.2) is 0 Å². The van der Waals surface area contributed by atoms with Gasteiger partial charge in [-0.25, -0.2) is 0 Å². The average Bonchev–Trinajstić information content (AvgIpc) is 3.04. The lowest BCUT2D eigenvalue weighted by Gasteiger charge is -2.05. The van der Waals surface area contributed by atoms with Crippen molar-refractivity contribution in [3.8, 4) is 0 Å². The molecule has 88 valence electrons. The van der Waals surface area contributed by atoms with Gasteiger partial charge in [0.05, 0.1) is 0 Å². The second kappa shape index (κ2) is 7.94. The van der Waals surface area contributed by atoms with Gasteiger partial charge in [-0.05, 0) is 31.6 Å². The van der Waals surface area contributed by atoms with Crippen LogP contribution < -0.4 is 5.32 Å². The summed E-state index contributed by atoms with van der Waals surface area (Å²) in [5.41, 5.74) is 0. The van der Waals surface area contributed by atoms with Gasteiger partial charge in [0.1, 0.15) is 0 Å². The van der Waals surface area contributed by atoms with Crippen molar-refractivity contribution in [2.45, 2.75) is 32.1 Å². The molecule has 0 aliphatic heterocycles. The van der Waals surface area contributed by atoms with Crippen molar-refractivity contribution < 1.29 is 9.53 Å². The Morgan fingerprint density at radius 2 is 2.20 bits per heavy atom. The van der Waals surface area contributed by atoms with Crippen molar-refractivity contribution in [2.75, 3.05) is 25.6 Å². The third-order valence-corrected chi connectivity index (χ3v) is 2.64. The highest BCUT2D eigenvalue weighted by atomic mass is 35.5. The van der Waals surface area contributed by atoms with Crippen LogP contribution in [0, 0.1) is 5.92 Å². The number of amides is 1. The molecule has 0 aromatic rings. The smallest absolute Gasteiger partial charge is 0.220 e. The molecule has 0 saturated heterocycles. The molecule has 15 heavy (non-hydrogen) atoms. The van der Waals surface area contributed by atoms with E-state index in [4.69, 9.17) is 16.3 Å². The molecule has 1 N–H and O–H groups in total. The predicted octanol–water partition coefficient (Wildman–Crippen LogP) is 1.94. The standard InChI is InChI=1S/C11H20ClNO2/c12-6-1-3-11(14)13-7-2-8-15-9-10-4-5-10/h10H,1-9H2,(H,13,14). The highest BCUT2D eigenvalue weighted by Gasteiger charge is 2.20.